The molecule has 0 amide bonds. The molecule has 4 heteroatoms. The van der Waals surface area contributed by atoms with Crippen LogP contribution in [0.5, 0.6) is 0 Å². The average molecular weight is 357 g/mol. The number of aromatic nitrogens is 2. The first kappa shape index (κ1) is 19.3. The molecule has 0 unspecified atom stereocenters. The standard InChI is InChI=1S/C21H28N2OS/c1-15(10-11-18-19(24)9-6-12-21(18,3)4)7-5-8-16(2)13-17-14-22-20(25)23-17/h5,7-8,10-11,13-14,24H,6,9,12H2,1-4H3,(H2,22,23,25)/b8-5+,11-10+,15-7+,16-13+. The normalized spacial score (nSPS) is 19.4. The van der Waals surface area contributed by atoms with E-state index in [4.69, 9.17) is 12.2 Å². The van der Waals surface area contributed by atoms with Crippen LogP contribution >= 0.6 is 12.2 Å². The molecular formula is C21H28N2OS. The first-order valence-electron chi connectivity index (χ1n) is 8.69. The zero-order chi connectivity index (χ0) is 18.4. The second-order valence-corrected chi connectivity index (χ2v) is 7.70. The van der Waals surface area contributed by atoms with E-state index >= 15 is 0 Å². The number of aromatic amines is 2. The van der Waals surface area contributed by atoms with Crippen LogP contribution in [0.15, 0.2) is 59.1 Å². The Bertz CT molecular complexity index is 813. The minimum atomic E-state index is 0.0465. The van der Waals surface area contributed by atoms with Crippen LogP contribution in [0.4, 0.5) is 0 Å². The molecule has 1 aromatic heterocycles. The van der Waals surface area contributed by atoms with Crippen molar-refractivity contribution in [3.8, 4) is 0 Å². The Morgan fingerprint density at radius 3 is 2.64 bits per heavy atom. The number of aliphatic hydroxyl groups is 1. The molecule has 0 aliphatic heterocycles. The van der Waals surface area contributed by atoms with Gasteiger partial charge in [0.15, 0.2) is 4.77 Å². The van der Waals surface area contributed by atoms with Gasteiger partial charge in [-0.1, -0.05) is 49.8 Å². The Morgan fingerprint density at radius 1 is 1.24 bits per heavy atom. The van der Waals surface area contributed by atoms with Crippen molar-refractivity contribution in [1.82, 2.24) is 9.97 Å². The monoisotopic (exact) mass is 356 g/mol. The Kier molecular flexibility index (Phi) is 6.43. The molecule has 0 fully saturated rings. The van der Waals surface area contributed by atoms with E-state index < -0.39 is 0 Å². The Morgan fingerprint density at radius 2 is 2.00 bits per heavy atom. The molecule has 1 aliphatic rings. The molecule has 3 N–H and O–H groups in total. The number of aliphatic hydroxyl groups excluding tert-OH is 1. The van der Waals surface area contributed by atoms with E-state index in [-0.39, 0.29) is 5.41 Å². The lowest BCUT2D eigenvalue weighted by Gasteiger charge is -2.31. The molecule has 134 valence electrons. The van der Waals surface area contributed by atoms with Gasteiger partial charge >= 0.3 is 0 Å². The second-order valence-electron chi connectivity index (χ2n) is 7.29. The zero-order valence-corrected chi connectivity index (χ0v) is 16.3. The number of H-pyrrole nitrogens is 2. The van der Waals surface area contributed by atoms with Crippen LogP contribution < -0.4 is 0 Å². The number of allylic oxidation sites excluding steroid dienone is 9. The average Bonchev–Trinajstić information content (AvgIpc) is 2.91. The van der Waals surface area contributed by atoms with Gasteiger partial charge in [-0.2, -0.15) is 0 Å². The third kappa shape index (κ3) is 5.75. The molecule has 0 bridgehead atoms. The maximum atomic E-state index is 10.2. The quantitative estimate of drug-likeness (QED) is 0.413. The van der Waals surface area contributed by atoms with Crippen LogP contribution in [-0.2, 0) is 0 Å². The van der Waals surface area contributed by atoms with E-state index in [2.05, 4.69) is 55.0 Å². The number of hydrogen-bond acceptors (Lipinski definition) is 2. The van der Waals surface area contributed by atoms with Gasteiger partial charge in [-0.3, -0.25) is 0 Å². The van der Waals surface area contributed by atoms with E-state index in [0.717, 1.165) is 41.7 Å². The minimum absolute atomic E-state index is 0.0465. The summed E-state index contributed by atoms with van der Waals surface area (Å²) in [5, 5.41) is 10.2. The largest absolute Gasteiger partial charge is 0.512 e. The number of rotatable bonds is 5. The van der Waals surface area contributed by atoms with Gasteiger partial charge in [-0.25, -0.2) is 0 Å². The van der Waals surface area contributed by atoms with Gasteiger partial charge in [0.2, 0.25) is 0 Å². The third-order valence-corrected chi connectivity index (χ3v) is 4.71. The van der Waals surface area contributed by atoms with Crippen molar-refractivity contribution in [2.75, 3.05) is 0 Å². The fraction of sp³-hybridized carbons (Fsp3) is 0.381. The maximum absolute atomic E-state index is 10.2. The van der Waals surface area contributed by atoms with E-state index in [1.54, 1.807) is 0 Å². The van der Waals surface area contributed by atoms with Crippen molar-refractivity contribution in [2.45, 2.75) is 47.0 Å². The van der Waals surface area contributed by atoms with Crippen molar-refractivity contribution in [3.63, 3.8) is 0 Å². The second kappa shape index (κ2) is 8.34. The maximum Gasteiger partial charge on any atom is 0.174 e. The molecule has 0 atom stereocenters. The van der Waals surface area contributed by atoms with Crippen molar-refractivity contribution < 1.29 is 5.11 Å². The van der Waals surface area contributed by atoms with Crippen LogP contribution in [0.1, 0.15) is 52.7 Å². The fourth-order valence-electron chi connectivity index (χ4n) is 3.02. The fourth-order valence-corrected chi connectivity index (χ4v) is 3.20. The highest BCUT2D eigenvalue weighted by atomic mass is 32.1. The molecule has 0 aromatic carbocycles. The summed E-state index contributed by atoms with van der Waals surface area (Å²) in [5.74, 6) is 0.540. The van der Waals surface area contributed by atoms with Crippen molar-refractivity contribution in [3.05, 3.63) is 69.5 Å². The smallest absolute Gasteiger partial charge is 0.174 e. The van der Waals surface area contributed by atoms with Gasteiger partial charge in [0, 0.05) is 12.6 Å². The van der Waals surface area contributed by atoms with Gasteiger partial charge in [0.05, 0.1) is 11.5 Å². The summed E-state index contributed by atoms with van der Waals surface area (Å²) in [6.45, 7) is 8.51. The molecule has 1 aromatic rings. The molecule has 0 radical (unpaired) electrons. The highest BCUT2D eigenvalue weighted by Gasteiger charge is 2.28. The SMILES string of the molecule is CC(/C=C/C1=C(O)CCCC1(C)C)=C\C=C\C(C)=C\c1c[nH]c(=S)[nH]1. The van der Waals surface area contributed by atoms with Crippen LogP contribution in [0.3, 0.4) is 0 Å². The first-order chi connectivity index (χ1) is 11.8. The lowest BCUT2D eigenvalue weighted by molar-refractivity contribution is 0.292. The minimum Gasteiger partial charge on any atom is -0.512 e. The molecule has 0 saturated heterocycles. The lowest BCUT2D eigenvalue weighted by atomic mass is 9.74. The highest BCUT2D eigenvalue weighted by molar-refractivity contribution is 7.71. The van der Waals surface area contributed by atoms with Gasteiger partial charge in [0.1, 0.15) is 0 Å². The summed E-state index contributed by atoms with van der Waals surface area (Å²) < 4.78 is 0.632. The number of imidazole rings is 1. The van der Waals surface area contributed by atoms with Gasteiger partial charge in [-0.15, -0.1) is 0 Å². The Hall–Kier alpha value is -2.07. The summed E-state index contributed by atoms with van der Waals surface area (Å²) in [6, 6.07) is 0. The molecule has 25 heavy (non-hydrogen) atoms. The Labute approximate surface area is 155 Å². The summed E-state index contributed by atoms with van der Waals surface area (Å²) in [4.78, 5) is 6.02. The van der Waals surface area contributed by atoms with E-state index in [9.17, 15) is 5.11 Å². The van der Waals surface area contributed by atoms with E-state index in [1.165, 1.54) is 0 Å². The van der Waals surface area contributed by atoms with Gasteiger partial charge in [-0.05, 0) is 61.5 Å². The molecule has 0 spiro atoms. The zero-order valence-electron chi connectivity index (χ0n) is 15.5. The summed E-state index contributed by atoms with van der Waals surface area (Å²) >= 11 is 5.02. The molecule has 2 rings (SSSR count). The first-order valence-corrected chi connectivity index (χ1v) is 9.10. The predicted molar refractivity (Wildman–Crippen MR) is 109 cm³/mol. The molecule has 0 saturated carbocycles. The Balaban J connectivity index is 2.04. The summed E-state index contributed by atoms with van der Waals surface area (Å²) in [7, 11) is 0. The molecule has 1 heterocycles. The van der Waals surface area contributed by atoms with E-state index in [0.29, 0.717) is 10.5 Å². The van der Waals surface area contributed by atoms with Crippen LogP contribution in [0.2, 0.25) is 0 Å². The van der Waals surface area contributed by atoms with Crippen LogP contribution in [0, 0.1) is 10.2 Å². The third-order valence-electron chi connectivity index (χ3n) is 4.49. The highest BCUT2D eigenvalue weighted by Crippen LogP contribution is 2.40. The van der Waals surface area contributed by atoms with Crippen molar-refractivity contribution in [2.24, 2.45) is 5.41 Å². The van der Waals surface area contributed by atoms with Gasteiger partial charge < -0.3 is 15.1 Å². The topological polar surface area (TPSA) is 51.8 Å². The number of nitrogens with one attached hydrogen (secondary N) is 2. The molecule has 3 nitrogen and oxygen atoms in total. The number of hydrogen-bond donors (Lipinski definition) is 3. The van der Waals surface area contributed by atoms with Gasteiger partial charge in [0.25, 0.3) is 0 Å². The predicted octanol–water partition coefficient (Wildman–Crippen LogP) is 6.56. The van der Waals surface area contributed by atoms with Crippen molar-refractivity contribution >= 4 is 18.3 Å². The molecule has 1 aliphatic carbocycles. The van der Waals surface area contributed by atoms with E-state index in [1.807, 2.05) is 25.3 Å². The lowest BCUT2D eigenvalue weighted by Crippen LogP contribution is -2.19. The van der Waals surface area contributed by atoms with Crippen LogP contribution in [0.25, 0.3) is 6.08 Å². The summed E-state index contributed by atoms with van der Waals surface area (Å²) in [5.41, 5.74) is 4.35. The van der Waals surface area contributed by atoms with Crippen molar-refractivity contribution in [1.29, 1.82) is 0 Å². The summed E-state index contributed by atoms with van der Waals surface area (Å²) in [6.07, 6.45) is 17.2. The van der Waals surface area contributed by atoms with Crippen LogP contribution in [-0.4, -0.2) is 15.1 Å². The molecular weight excluding hydrogens is 328 g/mol.